The highest BCUT2D eigenvalue weighted by Crippen LogP contribution is 2.47. The molecule has 0 aliphatic heterocycles. The van der Waals surface area contributed by atoms with Crippen molar-refractivity contribution in [3.05, 3.63) is 47.3 Å². The maximum absolute atomic E-state index is 13.6. The number of fused-ring (bicyclic) bond motifs is 1. The summed E-state index contributed by atoms with van der Waals surface area (Å²) in [6.07, 6.45) is 9.73. The number of hydrogen-bond donors (Lipinski definition) is 0. The van der Waals surface area contributed by atoms with Crippen molar-refractivity contribution in [1.82, 2.24) is 0 Å². The third-order valence-electron chi connectivity index (χ3n) is 5.40. The van der Waals surface area contributed by atoms with E-state index < -0.39 is 0 Å². The molecule has 0 amide bonds. The highest BCUT2D eigenvalue weighted by molar-refractivity contribution is 6.30. The summed E-state index contributed by atoms with van der Waals surface area (Å²) in [7, 11) is 0. The molecule has 0 bridgehead atoms. The molecule has 2 heteroatoms. The van der Waals surface area contributed by atoms with Crippen molar-refractivity contribution in [2.75, 3.05) is 0 Å². The van der Waals surface area contributed by atoms with E-state index in [9.17, 15) is 4.39 Å². The van der Waals surface area contributed by atoms with Gasteiger partial charge in [0.2, 0.25) is 0 Å². The first-order chi connectivity index (χ1) is 9.67. The van der Waals surface area contributed by atoms with Gasteiger partial charge >= 0.3 is 0 Å². The van der Waals surface area contributed by atoms with Crippen LogP contribution in [0.15, 0.2) is 30.9 Å². The minimum Gasteiger partial charge on any atom is -0.205 e. The van der Waals surface area contributed by atoms with Gasteiger partial charge < -0.3 is 0 Å². The SMILES string of the molecule is C=CC1CCC2CC(c3ccc(Cl)c(F)c3)CCC2C1. The molecule has 0 N–H and O–H groups in total. The minimum atomic E-state index is -0.276. The molecule has 2 saturated carbocycles. The zero-order chi connectivity index (χ0) is 14.1. The molecule has 20 heavy (non-hydrogen) atoms. The predicted molar refractivity (Wildman–Crippen MR) is 82.5 cm³/mol. The molecule has 1 aromatic carbocycles. The van der Waals surface area contributed by atoms with E-state index in [0.29, 0.717) is 5.92 Å². The van der Waals surface area contributed by atoms with Crippen LogP contribution in [0.5, 0.6) is 0 Å². The summed E-state index contributed by atoms with van der Waals surface area (Å²) in [5.74, 6) is 2.65. The van der Waals surface area contributed by atoms with Gasteiger partial charge in [-0.1, -0.05) is 23.7 Å². The van der Waals surface area contributed by atoms with Crippen LogP contribution < -0.4 is 0 Å². The molecule has 0 radical (unpaired) electrons. The van der Waals surface area contributed by atoms with Crippen molar-refractivity contribution in [3.63, 3.8) is 0 Å². The lowest BCUT2D eigenvalue weighted by molar-refractivity contribution is 0.133. The standard InChI is InChI=1S/C18H22ClF/c1-2-12-3-4-14-10-15(6-5-13(14)9-12)16-7-8-17(19)18(20)11-16/h2,7-8,11-15H,1,3-6,9-10H2. The Morgan fingerprint density at radius 3 is 2.60 bits per heavy atom. The molecule has 2 aliphatic rings. The van der Waals surface area contributed by atoms with Crippen molar-refractivity contribution in [3.8, 4) is 0 Å². The van der Waals surface area contributed by atoms with E-state index in [-0.39, 0.29) is 10.8 Å². The number of rotatable bonds is 2. The average molecular weight is 293 g/mol. The maximum Gasteiger partial charge on any atom is 0.142 e. The smallest absolute Gasteiger partial charge is 0.142 e. The van der Waals surface area contributed by atoms with Gasteiger partial charge in [-0.25, -0.2) is 4.39 Å². The first-order valence-electron chi connectivity index (χ1n) is 7.75. The Kier molecular flexibility index (Phi) is 4.16. The van der Waals surface area contributed by atoms with Gasteiger partial charge in [0.1, 0.15) is 5.82 Å². The van der Waals surface area contributed by atoms with Crippen LogP contribution in [0.4, 0.5) is 4.39 Å². The van der Waals surface area contributed by atoms with Crippen molar-refractivity contribution >= 4 is 11.6 Å². The van der Waals surface area contributed by atoms with E-state index in [1.165, 1.54) is 38.5 Å². The Bertz CT molecular complexity index is 496. The van der Waals surface area contributed by atoms with E-state index in [0.717, 1.165) is 23.3 Å². The Morgan fingerprint density at radius 1 is 1.10 bits per heavy atom. The second-order valence-corrected chi connectivity index (χ2v) is 6.92. The Hall–Kier alpha value is -0.820. The maximum atomic E-state index is 13.6. The molecule has 3 rings (SSSR count). The molecular weight excluding hydrogens is 271 g/mol. The molecule has 2 aliphatic carbocycles. The third-order valence-corrected chi connectivity index (χ3v) is 5.71. The summed E-state index contributed by atoms with van der Waals surface area (Å²) < 4.78 is 13.6. The summed E-state index contributed by atoms with van der Waals surface area (Å²) in [6.45, 7) is 3.95. The molecule has 4 unspecified atom stereocenters. The second kappa shape index (κ2) is 5.89. The van der Waals surface area contributed by atoms with Crippen molar-refractivity contribution in [1.29, 1.82) is 0 Å². The molecule has 0 heterocycles. The quantitative estimate of drug-likeness (QED) is 0.590. The van der Waals surface area contributed by atoms with E-state index in [2.05, 4.69) is 12.7 Å². The van der Waals surface area contributed by atoms with Gasteiger partial charge in [-0.3, -0.25) is 0 Å². The Labute approximate surface area is 126 Å². The highest BCUT2D eigenvalue weighted by atomic mass is 35.5. The lowest BCUT2D eigenvalue weighted by Crippen LogP contribution is -2.29. The monoisotopic (exact) mass is 292 g/mol. The minimum absolute atomic E-state index is 0.230. The van der Waals surface area contributed by atoms with Gasteiger partial charge in [0.15, 0.2) is 0 Å². The van der Waals surface area contributed by atoms with Crippen molar-refractivity contribution in [2.24, 2.45) is 17.8 Å². The normalized spacial score (nSPS) is 33.5. The van der Waals surface area contributed by atoms with Gasteiger partial charge in [-0.2, -0.15) is 0 Å². The fraction of sp³-hybridized carbons (Fsp3) is 0.556. The summed E-state index contributed by atoms with van der Waals surface area (Å²) in [6, 6.07) is 5.35. The van der Waals surface area contributed by atoms with Crippen LogP contribution in [0.2, 0.25) is 5.02 Å². The fourth-order valence-corrected chi connectivity index (χ4v) is 4.33. The molecule has 4 atom stereocenters. The average Bonchev–Trinajstić information content (AvgIpc) is 2.49. The van der Waals surface area contributed by atoms with Crippen LogP contribution >= 0.6 is 11.6 Å². The van der Waals surface area contributed by atoms with Gasteiger partial charge in [0.05, 0.1) is 5.02 Å². The number of benzene rings is 1. The largest absolute Gasteiger partial charge is 0.205 e. The van der Waals surface area contributed by atoms with Gasteiger partial charge in [0.25, 0.3) is 0 Å². The first kappa shape index (κ1) is 14.1. The molecule has 108 valence electrons. The molecule has 0 aromatic heterocycles. The van der Waals surface area contributed by atoms with Gasteiger partial charge in [0, 0.05) is 0 Å². The zero-order valence-electron chi connectivity index (χ0n) is 11.8. The van der Waals surface area contributed by atoms with Crippen LogP contribution in [0.3, 0.4) is 0 Å². The summed E-state index contributed by atoms with van der Waals surface area (Å²) in [5, 5.41) is 0.230. The van der Waals surface area contributed by atoms with Crippen LogP contribution in [0, 0.1) is 23.6 Å². The molecule has 1 aromatic rings. The number of hydrogen-bond acceptors (Lipinski definition) is 0. The van der Waals surface area contributed by atoms with Crippen LogP contribution in [0.25, 0.3) is 0 Å². The lowest BCUT2D eigenvalue weighted by Gasteiger charge is -2.41. The second-order valence-electron chi connectivity index (χ2n) is 6.51. The Balaban J connectivity index is 1.70. The van der Waals surface area contributed by atoms with E-state index in [1.807, 2.05) is 6.07 Å². The number of allylic oxidation sites excluding steroid dienone is 1. The third kappa shape index (κ3) is 2.79. The van der Waals surface area contributed by atoms with Crippen molar-refractivity contribution in [2.45, 2.75) is 44.4 Å². The van der Waals surface area contributed by atoms with E-state index in [4.69, 9.17) is 11.6 Å². The topological polar surface area (TPSA) is 0 Å². The van der Waals surface area contributed by atoms with Crippen LogP contribution in [-0.4, -0.2) is 0 Å². The first-order valence-corrected chi connectivity index (χ1v) is 8.12. The Morgan fingerprint density at radius 2 is 1.85 bits per heavy atom. The van der Waals surface area contributed by atoms with E-state index in [1.54, 1.807) is 12.1 Å². The van der Waals surface area contributed by atoms with Gasteiger partial charge in [-0.15, -0.1) is 6.58 Å². The number of halogens is 2. The molecule has 0 spiro atoms. The highest BCUT2D eigenvalue weighted by Gasteiger charge is 2.35. The van der Waals surface area contributed by atoms with Crippen LogP contribution in [-0.2, 0) is 0 Å². The predicted octanol–water partition coefficient (Wildman–Crippen LogP) is 5.97. The van der Waals surface area contributed by atoms with E-state index >= 15 is 0 Å². The summed E-state index contributed by atoms with van der Waals surface area (Å²) in [4.78, 5) is 0. The summed E-state index contributed by atoms with van der Waals surface area (Å²) in [5.41, 5.74) is 1.14. The zero-order valence-corrected chi connectivity index (χ0v) is 12.6. The van der Waals surface area contributed by atoms with Crippen LogP contribution in [0.1, 0.15) is 50.0 Å². The summed E-state index contributed by atoms with van der Waals surface area (Å²) >= 11 is 5.78. The molecule has 0 saturated heterocycles. The fourth-order valence-electron chi connectivity index (χ4n) is 4.21. The molecule has 2 fully saturated rings. The lowest BCUT2D eigenvalue weighted by atomic mass is 9.64. The van der Waals surface area contributed by atoms with Gasteiger partial charge in [-0.05, 0) is 79.9 Å². The molecular formula is C18H22ClF. The molecule has 0 nitrogen and oxygen atoms in total. The van der Waals surface area contributed by atoms with Crippen molar-refractivity contribution < 1.29 is 4.39 Å².